The summed E-state index contributed by atoms with van der Waals surface area (Å²) in [4.78, 5) is 13.0. The highest BCUT2D eigenvalue weighted by Gasteiger charge is 2.35. The van der Waals surface area contributed by atoms with Gasteiger partial charge in [0.25, 0.3) is 0 Å². The summed E-state index contributed by atoms with van der Waals surface area (Å²) in [7, 11) is -3.42. The van der Waals surface area contributed by atoms with Crippen molar-refractivity contribution in [2.75, 3.05) is 5.32 Å². The second kappa shape index (κ2) is 8.78. The number of carbonyl (C=O) groups excluding carboxylic acids is 1. The van der Waals surface area contributed by atoms with E-state index in [0.29, 0.717) is 29.8 Å². The van der Waals surface area contributed by atoms with Crippen LogP contribution in [-0.4, -0.2) is 25.7 Å². The molecular formula is C22H27NO4S. The van der Waals surface area contributed by atoms with E-state index in [1.165, 1.54) is 0 Å². The summed E-state index contributed by atoms with van der Waals surface area (Å²) < 4.78 is 31.4. The monoisotopic (exact) mass is 401 g/mol. The fraction of sp³-hybridized carbons (Fsp3) is 0.409. The molecular weight excluding hydrogens is 374 g/mol. The number of benzene rings is 2. The van der Waals surface area contributed by atoms with E-state index in [4.69, 9.17) is 4.74 Å². The van der Waals surface area contributed by atoms with Crippen LogP contribution < -0.4 is 10.1 Å². The molecule has 0 aliphatic heterocycles. The summed E-state index contributed by atoms with van der Waals surface area (Å²) in [5.41, 5.74) is 0.689. The molecule has 150 valence electrons. The van der Waals surface area contributed by atoms with Crippen molar-refractivity contribution >= 4 is 21.4 Å². The third-order valence-electron chi connectivity index (χ3n) is 5.00. The minimum absolute atomic E-state index is 0.0891. The third-order valence-corrected chi connectivity index (χ3v) is 7.24. The second-order valence-electron chi connectivity index (χ2n) is 7.52. The lowest BCUT2D eigenvalue weighted by Crippen LogP contribution is -2.34. The molecule has 5 nitrogen and oxygen atoms in total. The van der Waals surface area contributed by atoms with Crippen LogP contribution in [0.25, 0.3) is 0 Å². The maximum absolute atomic E-state index is 12.9. The van der Waals surface area contributed by atoms with Crippen LogP contribution in [0.4, 0.5) is 5.69 Å². The van der Waals surface area contributed by atoms with Crippen molar-refractivity contribution in [3.8, 4) is 5.75 Å². The first-order valence-electron chi connectivity index (χ1n) is 9.73. The molecule has 2 aromatic carbocycles. The Labute approximate surface area is 167 Å². The standard InChI is InChI=1S/C22H27NO4S/c1-16(2)27-19-13-11-18(12-14-19)23-22(24)17-7-6-10-21(15-17)28(25,26)20-8-4-3-5-9-20/h3-5,8-9,11-14,16-17,21H,6-7,10,15H2,1-2H3,(H,23,24)/t17-,21-/m1/s1. The molecule has 0 heterocycles. The van der Waals surface area contributed by atoms with Crippen molar-refractivity contribution in [2.24, 2.45) is 5.92 Å². The molecule has 2 aromatic rings. The van der Waals surface area contributed by atoms with Crippen LogP contribution in [0.5, 0.6) is 5.75 Å². The fourth-order valence-corrected chi connectivity index (χ4v) is 5.48. The number of sulfone groups is 1. The molecule has 0 aromatic heterocycles. The van der Waals surface area contributed by atoms with Gasteiger partial charge in [0.15, 0.2) is 9.84 Å². The Kier molecular flexibility index (Phi) is 6.39. The topological polar surface area (TPSA) is 72.5 Å². The summed E-state index contributed by atoms with van der Waals surface area (Å²) >= 11 is 0. The maximum atomic E-state index is 12.9. The lowest BCUT2D eigenvalue weighted by molar-refractivity contribution is -0.120. The number of amides is 1. The van der Waals surface area contributed by atoms with Crippen LogP contribution >= 0.6 is 0 Å². The van der Waals surface area contributed by atoms with Crippen LogP contribution in [0.15, 0.2) is 59.5 Å². The van der Waals surface area contributed by atoms with E-state index in [2.05, 4.69) is 5.32 Å². The summed E-state index contributed by atoms with van der Waals surface area (Å²) in [5, 5.41) is 2.40. The lowest BCUT2D eigenvalue weighted by atomic mass is 9.88. The van der Waals surface area contributed by atoms with Crippen LogP contribution in [0.2, 0.25) is 0 Å². The summed E-state index contributed by atoms with van der Waals surface area (Å²) in [6, 6.07) is 15.7. The first-order valence-corrected chi connectivity index (χ1v) is 11.3. The van der Waals surface area contributed by atoms with E-state index in [1.54, 1.807) is 42.5 Å². The molecule has 1 aliphatic rings. The first kappa shape index (κ1) is 20.4. The van der Waals surface area contributed by atoms with E-state index in [9.17, 15) is 13.2 Å². The van der Waals surface area contributed by atoms with Crippen LogP contribution in [0.1, 0.15) is 39.5 Å². The zero-order chi connectivity index (χ0) is 20.1. The predicted molar refractivity (Wildman–Crippen MR) is 110 cm³/mol. The summed E-state index contributed by atoms with van der Waals surface area (Å²) in [5.74, 6) is 0.328. The van der Waals surface area contributed by atoms with Gasteiger partial charge in [0.1, 0.15) is 5.75 Å². The molecule has 1 fully saturated rings. The molecule has 6 heteroatoms. The number of anilines is 1. The van der Waals surface area contributed by atoms with Crippen molar-refractivity contribution in [2.45, 2.75) is 55.8 Å². The molecule has 1 N–H and O–H groups in total. The number of hydrogen-bond donors (Lipinski definition) is 1. The van der Waals surface area contributed by atoms with Gasteiger partial charge in [-0.15, -0.1) is 0 Å². The number of hydrogen-bond acceptors (Lipinski definition) is 4. The van der Waals surface area contributed by atoms with Gasteiger partial charge >= 0.3 is 0 Å². The predicted octanol–water partition coefficient (Wildman–Crippen LogP) is 4.45. The van der Waals surface area contributed by atoms with E-state index < -0.39 is 15.1 Å². The van der Waals surface area contributed by atoms with Gasteiger partial charge in [-0.05, 0) is 69.5 Å². The third kappa shape index (κ3) is 4.93. The second-order valence-corrected chi connectivity index (χ2v) is 9.75. The zero-order valence-electron chi connectivity index (χ0n) is 16.3. The molecule has 1 saturated carbocycles. The Hall–Kier alpha value is -2.34. The van der Waals surface area contributed by atoms with E-state index in [1.807, 2.05) is 26.0 Å². The average Bonchev–Trinajstić information content (AvgIpc) is 2.70. The molecule has 28 heavy (non-hydrogen) atoms. The molecule has 2 atom stereocenters. The van der Waals surface area contributed by atoms with Crippen LogP contribution in [0, 0.1) is 5.92 Å². The van der Waals surface area contributed by atoms with Crippen molar-refractivity contribution in [3.63, 3.8) is 0 Å². The molecule has 0 unspecified atom stereocenters. The molecule has 1 aliphatic carbocycles. The van der Waals surface area contributed by atoms with Crippen molar-refractivity contribution < 1.29 is 17.9 Å². The van der Waals surface area contributed by atoms with E-state index in [0.717, 1.165) is 12.2 Å². The SMILES string of the molecule is CC(C)Oc1ccc(NC(=O)[C@@H]2CCC[C@@H](S(=O)(=O)c3ccccc3)C2)cc1. The maximum Gasteiger partial charge on any atom is 0.227 e. The number of rotatable bonds is 6. The van der Waals surface area contributed by atoms with Crippen molar-refractivity contribution in [3.05, 3.63) is 54.6 Å². The molecule has 0 saturated heterocycles. The molecule has 0 spiro atoms. The largest absolute Gasteiger partial charge is 0.491 e. The quantitative estimate of drug-likeness (QED) is 0.776. The van der Waals surface area contributed by atoms with Crippen LogP contribution in [0.3, 0.4) is 0 Å². The highest BCUT2D eigenvalue weighted by molar-refractivity contribution is 7.92. The average molecular weight is 402 g/mol. The molecule has 1 amide bonds. The van der Waals surface area contributed by atoms with Gasteiger partial charge in [0, 0.05) is 11.6 Å². The Bertz CT molecular complexity index is 892. The van der Waals surface area contributed by atoms with Gasteiger partial charge in [-0.25, -0.2) is 8.42 Å². The minimum Gasteiger partial charge on any atom is -0.491 e. The zero-order valence-corrected chi connectivity index (χ0v) is 17.1. The van der Waals surface area contributed by atoms with Gasteiger partial charge in [-0.1, -0.05) is 24.6 Å². The Morgan fingerprint density at radius 1 is 1.04 bits per heavy atom. The first-order chi connectivity index (χ1) is 13.4. The van der Waals surface area contributed by atoms with Gasteiger partial charge in [0.2, 0.25) is 5.91 Å². The Morgan fingerprint density at radius 2 is 1.71 bits per heavy atom. The van der Waals surface area contributed by atoms with Gasteiger partial charge in [-0.2, -0.15) is 0 Å². The van der Waals surface area contributed by atoms with Crippen LogP contribution in [-0.2, 0) is 14.6 Å². The highest BCUT2D eigenvalue weighted by atomic mass is 32.2. The number of ether oxygens (including phenoxy) is 1. The Balaban J connectivity index is 1.64. The number of nitrogens with one attached hydrogen (secondary N) is 1. The number of carbonyl (C=O) groups is 1. The van der Waals surface area contributed by atoms with Gasteiger partial charge < -0.3 is 10.1 Å². The van der Waals surface area contributed by atoms with Crippen molar-refractivity contribution in [1.29, 1.82) is 0 Å². The highest BCUT2D eigenvalue weighted by Crippen LogP contribution is 2.33. The summed E-state index contributed by atoms with van der Waals surface area (Å²) in [6.07, 6.45) is 2.49. The minimum atomic E-state index is -3.42. The summed E-state index contributed by atoms with van der Waals surface area (Å²) in [6.45, 7) is 3.91. The molecule has 3 rings (SSSR count). The molecule has 0 radical (unpaired) electrons. The fourth-order valence-electron chi connectivity index (χ4n) is 3.60. The van der Waals surface area contributed by atoms with E-state index >= 15 is 0 Å². The normalized spacial score (nSPS) is 20.0. The molecule has 0 bridgehead atoms. The lowest BCUT2D eigenvalue weighted by Gasteiger charge is -2.28. The Morgan fingerprint density at radius 3 is 2.36 bits per heavy atom. The van der Waals surface area contributed by atoms with Gasteiger partial charge in [-0.3, -0.25) is 4.79 Å². The van der Waals surface area contributed by atoms with Gasteiger partial charge in [0.05, 0.1) is 16.2 Å². The van der Waals surface area contributed by atoms with Crippen molar-refractivity contribution in [1.82, 2.24) is 0 Å². The smallest absolute Gasteiger partial charge is 0.227 e. The van der Waals surface area contributed by atoms with E-state index in [-0.39, 0.29) is 17.9 Å².